The van der Waals surface area contributed by atoms with Gasteiger partial charge in [0.25, 0.3) is 0 Å². The molecule has 1 heterocycles. The molecular formula is C19H18FNO4. The molecule has 1 aliphatic rings. The van der Waals surface area contributed by atoms with Crippen molar-refractivity contribution in [3.63, 3.8) is 0 Å². The summed E-state index contributed by atoms with van der Waals surface area (Å²) in [6.45, 7) is 2.08. The Kier molecular flexibility index (Phi) is 4.70. The predicted octanol–water partition coefficient (Wildman–Crippen LogP) is 3.10. The summed E-state index contributed by atoms with van der Waals surface area (Å²) in [4.78, 5) is 26.2. The van der Waals surface area contributed by atoms with Crippen molar-refractivity contribution < 1.29 is 23.5 Å². The largest absolute Gasteiger partial charge is 0.495 e. The quantitative estimate of drug-likeness (QED) is 0.632. The summed E-state index contributed by atoms with van der Waals surface area (Å²) >= 11 is 0. The first-order valence-corrected chi connectivity index (χ1v) is 7.91. The van der Waals surface area contributed by atoms with Gasteiger partial charge in [-0.25, -0.2) is 4.39 Å². The minimum Gasteiger partial charge on any atom is -0.495 e. The first-order chi connectivity index (χ1) is 12.0. The van der Waals surface area contributed by atoms with Crippen molar-refractivity contribution in [3.8, 4) is 11.5 Å². The number of hydrogen-bond donors (Lipinski definition) is 0. The number of para-hydroxylation sites is 1. The van der Waals surface area contributed by atoms with Gasteiger partial charge in [-0.15, -0.1) is 0 Å². The number of hydrogen-bond acceptors (Lipinski definition) is 4. The van der Waals surface area contributed by atoms with E-state index in [0.29, 0.717) is 11.4 Å². The molecule has 2 aromatic carbocycles. The number of rotatable bonds is 4. The SMILES string of the molecule is COc1ccc(C)cc1N1CC(C(=O)Oc2ccccc2F)CC1=O. The minimum atomic E-state index is -0.655. The van der Waals surface area contributed by atoms with E-state index < -0.39 is 17.7 Å². The van der Waals surface area contributed by atoms with Crippen molar-refractivity contribution in [3.05, 3.63) is 53.8 Å². The van der Waals surface area contributed by atoms with Gasteiger partial charge >= 0.3 is 5.97 Å². The third-order valence-corrected chi connectivity index (χ3v) is 4.13. The van der Waals surface area contributed by atoms with Crippen LogP contribution in [0.3, 0.4) is 0 Å². The average molecular weight is 343 g/mol. The molecule has 0 spiro atoms. The van der Waals surface area contributed by atoms with Crippen LogP contribution in [0.1, 0.15) is 12.0 Å². The van der Waals surface area contributed by atoms with E-state index in [-0.39, 0.29) is 24.6 Å². The molecule has 2 aromatic rings. The third kappa shape index (κ3) is 3.47. The maximum absolute atomic E-state index is 13.6. The van der Waals surface area contributed by atoms with E-state index in [1.807, 2.05) is 19.1 Å². The Labute approximate surface area is 145 Å². The molecule has 6 heteroatoms. The lowest BCUT2D eigenvalue weighted by Crippen LogP contribution is -2.27. The van der Waals surface area contributed by atoms with Gasteiger partial charge < -0.3 is 14.4 Å². The average Bonchev–Trinajstić information content (AvgIpc) is 2.98. The van der Waals surface area contributed by atoms with Gasteiger partial charge in [0.2, 0.25) is 5.91 Å². The smallest absolute Gasteiger partial charge is 0.316 e. The molecule has 0 radical (unpaired) electrons. The number of carbonyl (C=O) groups is 2. The number of aryl methyl sites for hydroxylation is 1. The lowest BCUT2D eigenvalue weighted by molar-refractivity contribution is -0.139. The Hall–Kier alpha value is -2.89. The van der Waals surface area contributed by atoms with Crippen LogP contribution in [0.2, 0.25) is 0 Å². The van der Waals surface area contributed by atoms with E-state index in [4.69, 9.17) is 9.47 Å². The highest BCUT2D eigenvalue weighted by Gasteiger charge is 2.37. The zero-order valence-electron chi connectivity index (χ0n) is 14.0. The fourth-order valence-corrected chi connectivity index (χ4v) is 2.83. The van der Waals surface area contributed by atoms with E-state index in [1.165, 1.54) is 30.2 Å². The van der Waals surface area contributed by atoms with Crippen LogP contribution in [0.5, 0.6) is 11.5 Å². The van der Waals surface area contributed by atoms with Gasteiger partial charge in [-0.1, -0.05) is 18.2 Å². The Morgan fingerprint density at radius 3 is 2.68 bits per heavy atom. The topological polar surface area (TPSA) is 55.8 Å². The van der Waals surface area contributed by atoms with Gasteiger partial charge in [-0.2, -0.15) is 0 Å². The van der Waals surface area contributed by atoms with Crippen molar-refractivity contribution in [2.45, 2.75) is 13.3 Å². The summed E-state index contributed by atoms with van der Waals surface area (Å²) in [5.41, 5.74) is 1.59. The normalized spacial score (nSPS) is 16.8. The summed E-state index contributed by atoms with van der Waals surface area (Å²) < 4.78 is 24.1. The number of anilines is 1. The zero-order chi connectivity index (χ0) is 18.0. The minimum absolute atomic E-state index is 0.0182. The molecule has 1 unspecified atom stereocenters. The third-order valence-electron chi connectivity index (χ3n) is 4.13. The van der Waals surface area contributed by atoms with Crippen LogP contribution in [0, 0.1) is 18.7 Å². The number of halogens is 1. The van der Waals surface area contributed by atoms with E-state index in [2.05, 4.69) is 0 Å². The number of benzene rings is 2. The fourth-order valence-electron chi connectivity index (χ4n) is 2.83. The number of nitrogens with zero attached hydrogens (tertiary/aromatic N) is 1. The van der Waals surface area contributed by atoms with Crippen LogP contribution in [-0.4, -0.2) is 25.5 Å². The van der Waals surface area contributed by atoms with E-state index in [1.54, 1.807) is 12.1 Å². The highest BCUT2D eigenvalue weighted by atomic mass is 19.1. The Morgan fingerprint density at radius 1 is 1.20 bits per heavy atom. The number of esters is 1. The van der Waals surface area contributed by atoms with E-state index >= 15 is 0 Å². The molecule has 5 nitrogen and oxygen atoms in total. The Morgan fingerprint density at radius 2 is 1.96 bits per heavy atom. The predicted molar refractivity (Wildman–Crippen MR) is 90.2 cm³/mol. The van der Waals surface area contributed by atoms with E-state index in [0.717, 1.165) is 5.56 Å². The van der Waals surface area contributed by atoms with Crippen LogP contribution in [0.4, 0.5) is 10.1 Å². The van der Waals surface area contributed by atoms with Crippen LogP contribution in [0.15, 0.2) is 42.5 Å². The molecule has 0 N–H and O–H groups in total. The lowest BCUT2D eigenvalue weighted by Gasteiger charge is -2.20. The van der Waals surface area contributed by atoms with Crippen molar-refractivity contribution in [2.24, 2.45) is 5.92 Å². The first kappa shape index (κ1) is 17.0. The van der Waals surface area contributed by atoms with Gasteiger partial charge in [0.15, 0.2) is 11.6 Å². The van der Waals surface area contributed by atoms with Gasteiger partial charge in [0.05, 0.1) is 18.7 Å². The van der Waals surface area contributed by atoms with Gasteiger partial charge in [0, 0.05) is 13.0 Å². The lowest BCUT2D eigenvalue weighted by atomic mass is 10.1. The fraction of sp³-hybridized carbons (Fsp3) is 0.263. The number of carbonyl (C=O) groups excluding carboxylic acids is 2. The number of methoxy groups -OCH3 is 1. The summed E-state index contributed by atoms with van der Waals surface area (Å²) in [5.74, 6) is -1.66. The second kappa shape index (κ2) is 6.93. The molecule has 130 valence electrons. The monoisotopic (exact) mass is 343 g/mol. The molecular weight excluding hydrogens is 325 g/mol. The van der Waals surface area contributed by atoms with Crippen LogP contribution in [-0.2, 0) is 9.59 Å². The van der Waals surface area contributed by atoms with Gasteiger partial charge in [0.1, 0.15) is 5.75 Å². The van der Waals surface area contributed by atoms with Crippen LogP contribution >= 0.6 is 0 Å². The Bertz CT molecular complexity index is 821. The molecule has 3 rings (SSSR count). The molecule has 1 amide bonds. The summed E-state index contributed by atoms with van der Waals surface area (Å²) in [7, 11) is 1.53. The highest BCUT2D eigenvalue weighted by Crippen LogP contribution is 2.34. The maximum atomic E-state index is 13.6. The second-order valence-corrected chi connectivity index (χ2v) is 5.93. The molecule has 25 heavy (non-hydrogen) atoms. The molecule has 0 aromatic heterocycles. The Balaban J connectivity index is 1.78. The standard InChI is InChI=1S/C19H18FNO4/c1-12-7-8-17(24-2)15(9-12)21-11-13(10-18(21)22)19(23)25-16-6-4-3-5-14(16)20/h3-9,13H,10-11H2,1-2H3. The highest BCUT2D eigenvalue weighted by molar-refractivity contribution is 6.00. The first-order valence-electron chi connectivity index (χ1n) is 7.91. The maximum Gasteiger partial charge on any atom is 0.316 e. The molecule has 1 saturated heterocycles. The van der Waals surface area contributed by atoms with Crippen molar-refractivity contribution >= 4 is 17.6 Å². The molecule has 0 aliphatic carbocycles. The van der Waals surface area contributed by atoms with Crippen molar-refractivity contribution in [2.75, 3.05) is 18.6 Å². The molecule has 1 aliphatic heterocycles. The van der Waals surface area contributed by atoms with Gasteiger partial charge in [-0.05, 0) is 36.8 Å². The molecule has 1 atom stereocenters. The second-order valence-electron chi connectivity index (χ2n) is 5.93. The number of amides is 1. The summed E-state index contributed by atoms with van der Waals surface area (Å²) in [6.07, 6.45) is 0.0182. The number of ether oxygens (including phenoxy) is 2. The van der Waals surface area contributed by atoms with Crippen molar-refractivity contribution in [1.82, 2.24) is 0 Å². The summed E-state index contributed by atoms with van der Waals surface area (Å²) in [5, 5.41) is 0. The van der Waals surface area contributed by atoms with Crippen molar-refractivity contribution in [1.29, 1.82) is 0 Å². The van der Waals surface area contributed by atoms with Gasteiger partial charge in [-0.3, -0.25) is 9.59 Å². The van der Waals surface area contributed by atoms with Crippen LogP contribution < -0.4 is 14.4 Å². The molecule has 0 bridgehead atoms. The molecule has 0 saturated carbocycles. The van der Waals surface area contributed by atoms with E-state index in [9.17, 15) is 14.0 Å². The van der Waals surface area contributed by atoms with Crippen LogP contribution in [0.25, 0.3) is 0 Å². The molecule has 1 fully saturated rings. The summed E-state index contributed by atoms with van der Waals surface area (Å²) in [6, 6.07) is 11.2. The zero-order valence-corrected chi connectivity index (χ0v) is 14.0.